The average molecular weight is 409 g/mol. The normalized spacial score (nSPS) is 11.9. The fraction of sp³-hybridized carbons (Fsp3) is 0.200. The number of amides is 1. The van der Waals surface area contributed by atoms with Gasteiger partial charge >= 0.3 is 12.6 Å². The van der Waals surface area contributed by atoms with E-state index in [-0.39, 0.29) is 22.7 Å². The molecule has 1 amide bonds. The number of benzene rings is 2. The number of carbonyl (C=O) groups excluding carboxylic acids is 2. The number of para-hydroxylation sites is 1. The van der Waals surface area contributed by atoms with Gasteiger partial charge in [-0.1, -0.05) is 18.2 Å². The maximum absolute atomic E-state index is 13.1. The largest absolute Gasteiger partial charge is 0.493 e. The number of esters is 1. The van der Waals surface area contributed by atoms with Gasteiger partial charge in [0, 0.05) is 17.3 Å². The van der Waals surface area contributed by atoms with Crippen LogP contribution in [0, 0.1) is 5.82 Å². The van der Waals surface area contributed by atoms with Crippen LogP contribution >= 0.6 is 0 Å². The van der Waals surface area contributed by atoms with Gasteiger partial charge in [-0.15, -0.1) is 0 Å². The van der Waals surface area contributed by atoms with Crippen molar-refractivity contribution in [3.63, 3.8) is 0 Å². The number of ether oxygens (including phenoxy) is 3. The predicted molar refractivity (Wildman–Crippen MR) is 99.2 cm³/mol. The number of rotatable bonds is 8. The van der Waals surface area contributed by atoms with Crippen LogP contribution in [-0.4, -0.2) is 31.7 Å². The molecule has 0 aromatic heterocycles. The molecular formula is C20H18F3NO5. The van der Waals surface area contributed by atoms with Crippen molar-refractivity contribution in [3.05, 3.63) is 59.9 Å². The molecule has 0 aliphatic carbocycles. The first-order valence-electron chi connectivity index (χ1n) is 8.37. The van der Waals surface area contributed by atoms with Crippen LogP contribution in [0.4, 0.5) is 18.9 Å². The van der Waals surface area contributed by atoms with E-state index in [1.54, 1.807) is 0 Å². The highest BCUT2D eigenvalue weighted by Crippen LogP contribution is 2.33. The summed E-state index contributed by atoms with van der Waals surface area (Å²) in [4.78, 5) is 24.0. The van der Waals surface area contributed by atoms with Crippen molar-refractivity contribution in [2.45, 2.75) is 19.6 Å². The predicted octanol–water partition coefficient (Wildman–Crippen LogP) is 4.02. The van der Waals surface area contributed by atoms with Gasteiger partial charge in [0.25, 0.3) is 5.91 Å². The molecular weight excluding hydrogens is 391 g/mol. The molecule has 0 heterocycles. The maximum atomic E-state index is 13.1. The Hall–Kier alpha value is -3.49. The Kier molecular flexibility index (Phi) is 7.64. The minimum atomic E-state index is -3.09. The van der Waals surface area contributed by atoms with E-state index in [2.05, 4.69) is 10.1 Å². The van der Waals surface area contributed by atoms with E-state index in [4.69, 9.17) is 9.47 Å². The molecule has 154 valence electrons. The summed E-state index contributed by atoms with van der Waals surface area (Å²) in [6.07, 6.45) is 0.969. The SMILES string of the molecule is COc1cccc(/C=C/C(=O)O[C@@H](C)C(=O)Nc2cccc(F)c2)c1OC(F)F. The van der Waals surface area contributed by atoms with Gasteiger partial charge in [0.1, 0.15) is 5.82 Å². The molecule has 1 atom stereocenters. The molecule has 6 nitrogen and oxygen atoms in total. The molecule has 0 bridgehead atoms. The molecule has 2 rings (SSSR count). The quantitative estimate of drug-likeness (QED) is 0.527. The smallest absolute Gasteiger partial charge is 0.387 e. The van der Waals surface area contributed by atoms with Crippen molar-refractivity contribution in [1.29, 1.82) is 0 Å². The van der Waals surface area contributed by atoms with E-state index in [1.807, 2.05) is 0 Å². The second-order valence-electron chi connectivity index (χ2n) is 5.67. The second kappa shape index (κ2) is 10.2. The van der Waals surface area contributed by atoms with Crippen molar-refractivity contribution in [1.82, 2.24) is 0 Å². The second-order valence-corrected chi connectivity index (χ2v) is 5.67. The summed E-state index contributed by atoms with van der Waals surface area (Å²) in [7, 11) is 1.29. The topological polar surface area (TPSA) is 73.9 Å². The number of hydrogen-bond donors (Lipinski definition) is 1. The maximum Gasteiger partial charge on any atom is 0.387 e. The highest BCUT2D eigenvalue weighted by atomic mass is 19.3. The van der Waals surface area contributed by atoms with E-state index in [1.165, 1.54) is 56.5 Å². The monoisotopic (exact) mass is 409 g/mol. The zero-order chi connectivity index (χ0) is 21.4. The molecule has 0 radical (unpaired) electrons. The lowest BCUT2D eigenvalue weighted by molar-refractivity contribution is -0.148. The summed E-state index contributed by atoms with van der Waals surface area (Å²) in [6.45, 7) is -1.76. The van der Waals surface area contributed by atoms with E-state index in [0.29, 0.717) is 0 Å². The van der Waals surface area contributed by atoms with Gasteiger partial charge in [-0.25, -0.2) is 9.18 Å². The summed E-state index contributed by atoms with van der Waals surface area (Å²) in [6, 6.07) is 9.60. The van der Waals surface area contributed by atoms with Gasteiger partial charge in [-0.05, 0) is 37.3 Å². The van der Waals surface area contributed by atoms with Crippen molar-refractivity contribution < 1.29 is 37.0 Å². The fourth-order valence-electron chi connectivity index (χ4n) is 2.27. The molecule has 9 heteroatoms. The lowest BCUT2D eigenvalue weighted by Crippen LogP contribution is -2.29. The number of anilines is 1. The van der Waals surface area contributed by atoms with Crippen LogP contribution in [0.2, 0.25) is 0 Å². The Labute approximate surface area is 164 Å². The minimum Gasteiger partial charge on any atom is -0.493 e. The van der Waals surface area contributed by atoms with E-state index in [0.717, 1.165) is 12.1 Å². The van der Waals surface area contributed by atoms with Crippen LogP contribution < -0.4 is 14.8 Å². The number of alkyl halides is 2. The van der Waals surface area contributed by atoms with E-state index in [9.17, 15) is 22.8 Å². The van der Waals surface area contributed by atoms with Crippen molar-refractivity contribution in [3.8, 4) is 11.5 Å². The third-order valence-corrected chi connectivity index (χ3v) is 3.59. The zero-order valence-electron chi connectivity index (χ0n) is 15.5. The first kappa shape index (κ1) is 21.8. The van der Waals surface area contributed by atoms with Gasteiger partial charge < -0.3 is 19.5 Å². The summed E-state index contributed by atoms with van der Waals surface area (Å²) >= 11 is 0. The first-order valence-corrected chi connectivity index (χ1v) is 8.37. The van der Waals surface area contributed by atoms with E-state index < -0.39 is 30.4 Å². The molecule has 0 aliphatic rings. The molecule has 1 N–H and O–H groups in total. The average Bonchev–Trinajstić information content (AvgIpc) is 2.66. The Bertz CT molecular complexity index is 901. The molecule has 0 spiro atoms. The standard InChI is InChI=1S/C20H18F3NO5/c1-12(19(26)24-15-7-4-6-14(21)11-15)28-17(25)10-9-13-5-3-8-16(27-2)18(13)29-20(22)23/h3-12,20H,1-2H3,(H,24,26)/b10-9+/t12-/m0/s1. The van der Waals surface area contributed by atoms with Crippen LogP contribution in [0.3, 0.4) is 0 Å². The third kappa shape index (κ3) is 6.56. The third-order valence-electron chi connectivity index (χ3n) is 3.59. The van der Waals surface area contributed by atoms with Crippen LogP contribution in [-0.2, 0) is 14.3 Å². The van der Waals surface area contributed by atoms with Gasteiger partial charge in [0.2, 0.25) is 0 Å². The molecule has 0 saturated carbocycles. The molecule has 0 fully saturated rings. The summed E-state index contributed by atoms with van der Waals surface area (Å²) < 4.78 is 52.7. The van der Waals surface area contributed by atoms with E-state index >= 15 is 0 Å². The number of methoxy groups -OCH3 is 1. The summed E-state index contributed by atoms with van der Waals surface area (Å²) in [5, 5.41) is 2.41. The molecule has 29 heavy (non-hydrogen) atoms. The lowest BCUT2D eigenvalue weighted by atomic mass is 10.1. The fourth-order valence-corrected chi connectivity index (χ4v) is 2.27. The number of nitrogens with one attached hydrogen (secondary N) is 1. The summed E-state index contributed by atoms with van der Waals surface area (Å²) in [5.41, 5.74) is 0.358. The minimum absolute atomic E-state index is 0.0589. The lowest BCUT2D eigenvalue weighted by Gasteiger charge is -2.13. The van der Waals surface area contributed by atoms with Crippen LogP contribution in [0.25, 0.3) is 6.08 Å². The molecule has 0 unspecified atom stereocenters. The molecule has 0 aliphatic heterocycles. The van der Waals surface area contributed by atoms with Crippen LogP contribution in [0.15, 0.2) is 48.5 Å². The van der Waals surface area contributed by atoms with Gasteiger partial charge in [-0.2, -0.15) is 8.78 Å². The Morgan fingerprint density at radius 3 is 2.52 bits per heavy atom. The zero-order valence-corrected chi connectivity index (χ0v) is 15.5. The molecule has 2 aromatic carbocycles. The molecule has 2 aromatic rings. The Morgan fingerprint density at radius 1 is 1.14 bits per heavy atom. The van der Waals surface area contributed by atoms with Gasteiger partial charge in [-0.3, -0.25) is 4.79 Å². The first-order chi connectivity index (χ1) is 13.8. The molecule has 0 saturated heterocycles. The number of halogens is 3. The number of carbonyl (C=O) groups is 2. The number of hydrogen-bond acceptors (Lipinski definition) is 5. The van der Waals surface area contributed by atoms with Crippen molar-refractivity contribution in [2.24, 2.45) is 0 Å². The summed E-state index contributed by atoms with van der Waals surface area (Å²) in [5.74, 6) is -2.27. The van der Waals surface area contributed by atoms with Gasteiger partial charge in [0.15, 0.2) is 17.6 Å². The van der Waals surface area contributed by atoms with Crippen molar-refractivity contribution >= 4 is 23.6 Å². The van der Waals surface area contributed by atoms with Gasteiger partial charge in [0.05, 0.1) is 7.11 Å². The Morgan fingerprint density at radius 2 is 1.86 bits per heavy atom. The van der Waals surface area contributed by atoms with Crippen LogP contribution in [0.5, 0.6) is 11.5 Å². The highest BCUT2D eigenvalue weighted by molar-refractivity contribution is 5.96. The highest BCUT2D eigenvalue weighted by Gasteiger charge is 2.18. The Balaban J connectivity index is 2.03. The van der Waals surface area contributed by atoms with Crippen molar-refractivity contribution in [2.75, 3.05) is 12.4 Å². The van der Waals surface area contributed by atoms with Crippen LogP contribution in [0.1, 0.15) is 12.5 Å².